The van der Waals surface area contributed by atoms with Crippen molar-refractivity contribution in [3.63, 3.8) is 0 Å². The number of allylic oxidation sites excluding steroid dienone is 2. The normalized spacial score (nSPS) is 13.4. The third-order valence-electron chi connectivity index (χ3n) is 2.52. The highest BCUT2D eigenvalue weighted by molar-refractivity contribution is 5.41. The molecule has 0 fully saturated rings. The smallest absolute Gasteiger partial charge is 0.119 e. The maximum atomic E-state index is 9.74. The van der Waals surface area contributed by atoms with E-state index in [-0.39, 0.29) is 0 Å². The summed E-state index contributed by atoms with van der Waals surface area (Å²) in [7, 11) is 0. The van der Waals surface area contributed by atoms with Gasteiger partial charge in [0.05, 0.1) is 0 Å². The predicted molar refractivity (Wildman–Crippen MR) is 60.7 cm³/mol. The van der Waals surface area contributed by atoms with Crippen molar-refractivity contribution in [2.45, 2.75) is 33.1 Å². The number of phenolic OH excluding ortho intramolecular Hbond substituents is 1. The van der Waals surface area contributed by atoms with Gasteiger partial charge < -0.3 is 5.11 Å². The highest BCUT2D eigenvalue weighted by Crippen LogP contribution is 2.30. The minimum atomic E-state index is 0.382. The summed E-state index contributed by atoms with van der Waals surface area (Å²) in [5.74, 6) is 0.800. The largest absolute Gasteiger partial charge is 0.508 e. The fraction of sp³-hybridized carbons (Fsp3) is 0.385. The molecule has 1 heteroatoms. The van der Waals surface area contributed by atoms with Crippen LogP contribution in [-0.4, -0.2) is 5.11 Å². The van der Waals surface area contributed by atoms with Gasteiger partial charge >= 0.3 is 0 Å². The fourth-order valence-corrected chi connectivity index (χ4v) is 1.76. The van der Waals surface area contributed by atoms with Crippen molar-refractivity contribution in [2.24, 2.45) is 0 Å². The molecule has 0 aliphatic carbocycles. The first-order chi connectivity index (χ1) is 6.66. The van der Waals surface area contributed by atoms with Gasteiger partial charge in [0.1, 0.15) is 5.75 Å². The van der Waals surface area contributed by atoms with Gasteiger partial charge in [0.25, 0.3) is 0 Å². The van der Waals surface area contributed by atoms with Crippen molar-refractivity contribution in [1.29, 1.82) is 0 Å². The lowest BCUT2D eigenvalue weighted by molar-refractivity contribution is 0.462. The Balaban J connectivity index is 2.93. The Labute approximate surface area is 86.1 Å². The zero-order chi connectivity index (χ0) is 10.6. The molecule has 1 atom stereocenters. The molecule has 76 valence electrons. The van der Waals surface area contributed by atoms with Gasteiger partial charge in [0, 0.05) is 0 Å². The summed E-state index contributed by atoms with van der Waals surface area (Å²) in [4.78, 5) is 0. The van der Waals surface area contributed by atoms with Gasteiger partial charge in [-0.2, -0.15) is 0 Å². The number of hydrogen-bond acceptors (Lipinski definition) is 1. The lowest BCUT2D eigenvalue weighted by Crippen LogP contribution is -1.95. The molecule has 0 radical (unpaired) electrons. The van der Waals surface area contributed by atoms with Crippen molar-refractivity contribution in [1.82, 2.24) is 0 Å². The molecule has 0 heterocycles. The van der Waals surface area contributed by atoms with Gasteiger partial charge in [-0.1, -0.05) is 31.2 Å². The van der Waals surface area contributed by atoms with E-state index >= 15 is 0 Å². The SMILES string of the molecule is C/C=C\CC(C)c1c(C)cccc1O. The number of hydrogen-bond donors (Lipinski definition) is 1. The first-order valence-electron chi connectivity index (χ1n) is 5.06. The van der Waals surface area contributed by atoms with Gasteiger partial charge in [-0.3, -0.25) is 0 Å². The summed E-state index contributed by atoms with van der Waals surface area (Å²) in [6.07, 6.45) is 5.16. The molecule has 0 aliphatic rings. The number of phenols is 1. The van der Waals surface area contributed by atoms with Crippen LogP contribution in [0.4, 0.5) is 0 Å². The summed E-state index contributed by atoms with van der Waals surface area (Å²) in [6.45, 7) is 6.20. The van der Waals surface area contributed by atoms with Gasteiger partial charge in [-0.05, 0) is 43.4 Å². The Kier molecular flexibility index (Phi) is 3.75. The monoisotopic (exact) mass is 190 g/mol. The first-order valence-corrected chi connectivity index (χ1v) is 5.06. The molecule has 0 spiro atoms. The Bertz CT molecular complexity index is 306. The second-order valence-corrected chi connectivity index (χ2v) is 3.71. The Morgan fingerprint density at radius 3 is 2.71 bits per heavy atom. The van der Waals surface area contributed by atoms with Crippen LogP contribution in [0.2, 0.25) is 0 Å². The average molecular weight is 190 g/mol. The van der Waals surface area contributed by atoms with Crippen molar-refractivity contribution >= 4 is 0 Å². The van der Waals surface area contributed by atoms with Crippen LogP contribution in [0.5, 0.6) is 5.75 Å². The van der Waals surface area contributed by atoms with Crippen molar-refractivity contribution in [2.75, 3.05) is 0 Å². The summed E-state index contributed by atoms with van der Waals surface area (Å²) in [5, 5.41) is 9.74. The molecule has 1 N–H and O–H groups in total. The van der Waals surface area contributed by atoms with Crippen LogP contribution in [0.25, 0.3) is 0 Å². The highest BCUT2D eigenvalue weighted by Gasteiger charge is 2.10. The van der Waals surface area contributed by atoms with E-state index in [1.807, 2.05) is 32.1 Å². The standard InChI is InChI=1S/C13H18O/c1-4-5-7-10(2)13-11(3)8-6-9-12(13)14/h4-6,8-10,14H,7H2,1-3H3/b5-4-. The molecular weight excluding hydrogens is 172 g/mol. The zero-order valence-corrected chi connectivity index (χ0v) is 9.12. The number of aryl methyl sites for hydroxylation is 1. The summed E-state index contributed by atoms with van der Waals surface area (Å²) < 4.78 is 0. The molecular formula is C13H18O. The van der Waals surface area contributed by atoms with E-state index in [1.54, 1.807) is 6.07 Å². The van der Waals surface area contributed by atoms with Crippen molar-refractivity contribution < 1.29 is 5.11 Å². The molecule has 14 heavy (non-hydrogen) atoms. The number of benzene rings is 1. The molecule has 1 rings (SSSR count). The minimum Gasteiger partial charge on any atom is -0.508 e. The molecule has 1 nitrogen and oxygen atoms in total. The van der Waals surface area contributed by atoms with Gasteiger partial charge in [-0.15, -0.1) is 0 Å². The Morgan fingerprint density at radius 1 is 1.43 bits per heavy atom. The third-order valence-corrected chi connectivity index (χ3v) is 2.52. The maximum Gasteiger partial charge on any atom is 0.119 e. The highest BCUT2D eigenvalue weighted by atomic mass is 16.3. The van der Waals surface area contributed by atoms with Crippen LogP contribution in [0, 0.1) is 6.92 Å². The summed E-state index contributed by atoms with van der Waals surface area (Å²) in [5.41, 5.74) is 2.24. The van der Waals surface area contributed by atoms with Crippen LogP contribution in [0.3, 0.4) is 0 Å². The topological polar surface area (TPSA) is 20.2 Å². The van der Waals surface area contributed by atoms with E-state index in [1.165, 1.54) is 5.56 Å². The second kappa shape index (κ2) is 4.85. The molecule has 0 bridgehead atoms. The van der Waals surface area contributed by atoms with E-state index in [2.05, 4.69) is 13.0 Å². The lowest BCUT2D eigenvalue weighted by Gasteiger charge is -2.14. The van der Waals surface area contributed by atoms with E-state index < -0.39 is 0 Å². The van der Waals surface area contributed by atoms with Crippen LogP contribution >= 0.6 is 0 Å². The first kappa shape index (κ1) is 10.8. The van der Waals surface area contributed by atoms with Crippen LogP contribution in [-0.2, 0) is 0 Å². The summed E-state index contributed by atoms with van der Waals surface area (Å²) >= 11 is 0. The third kappa shape index (κ3) is 2.38. The molecule has 0 aliphatic heterocycles. The predicted octanol–water partition coefficient (Wildman–Crippen LogP) is 3.77. The lowest BCUT2D eigenvalue weighted by atomic mass is 9.93. The molecule has 1 aromatic carbocycles. The Morgan fingerprint density at radius 2 is 2.14 bits per heavy atom. The van der Waals surface area contributed by atoms with E-state index in [9.17, 15) is 5.11 Å². The summed E-state index contributed by atoms with van der Waals surface area (Å²) in [6, 6.07) is 5.69. The second-order valence-electron chi connectivity index (χ2n) is 3.71. The quantitative estimate of drug-likeness (QED) is 0.719. The molecule has 1 aromatic rings. The van der Waals surface area contributed by atoms with Crippen LogP contribution in [0.15, 0.2) is 30.4 Å². The van der Waals surface area contributed by atoms with Crippen molar-refractivity contribution in [3.05, 3.63) is 41.5 Å². The van der Waals surface area contributed by atoms with Gasteiger partial charge in [0.15, 0.2) is 0 Å². The molecule has 0 amide bonds. The van der Waals surface area contributed by atoms with Crippen LogP contribution in [0.1, 0.15) is 37.3 Å². The van der Waals surface area contributed by atoms with Crippen molar-refractivity contribution in [3.8, 4) is 5.75 Å². The Hall–Kier alpha value is -1.24. The van der Waals surface area contributed by atoms with E-state index in [4.69, 9.17) is 0 Å². The maximum absolute atomic E-state index is 9.74. The number of rotatable bonds is 3. The molecule has 1 unspecified atom stereocenters. The van der Waals surface area contributed by atoms with Crippen LogP contribution < -0.4 is 0 Å². The molecule has 0 aromatic heterocycles. The minimum absolute atomic E-state index is 0.382. The van der Waals surface area contributed by atoms with E-state index in [0.29, 0.717) is 11.7 Å². The zero-order valence-electron chi connectivity index (χ0n) is 9.12. The number of aromatic hydroxyl groups is 1. The molecule has 0 saturated heterocycles. The fourth-order valence-electron chi connectivity index (χ4n) is 1.76. The van der Waals surface area contributed by atoms with Gasteiger partial charge in [-0.25, -0.2) is 0 Å². The molecule has 0 saturated carbocycles. The van der Waals surface area contributed by atoms with Gasteiger partial charge in [0.2, 0.25) is 0 Å². The average Bonchev–Trinajstić information content (AvgIpc) is 2.14. The van der Waals surface area contributed by atoms with E-state index in [0.717, 1.165) is 12.0 Å².